The van der Waals surface area contributed by atoms with Gasteiger partial charge < -0.3 is 74.9 Å². The molecular formula is C67H102N6O17. The van der Waals surface area contributed by atoms with Crippen molar-refractivity contribution < 1.29 is 81.4 Å². The number of carbonyl (C=O) groups excluding carboxylic acids is 8. The minimum Gasteiger partial charge on any atom is -0.506 e. The maximum absolute atomic E-state index is 13.9. The minimum absolute atomic E-state index is 0.00212. The molecule has 0 spiro atoms. The van der Waals surface area contributed by atoms with Crippen LogP contribution in [0.25, 0.3) is 0 Å². The van der Waals surface area contributed by atoms with Crippen LogP contribution in [0.2, 0.25) is 0 Å². The standard InChI is InChI=1S/C67H102N6O17/c1-50(63(80)89-66(2,3)4)45-54(71-65(82)90-67(5,6)7)46-53-30-31-57(74)56(47-53)72-62(79)55(73-64(81)88-49-52-25-17-14-18-26-52)27-21-22-34-68-59(76)32-37-83-41-44-86-40-36-70-60(77)33-38-84-42-43-85-39-35-69-58(75)28-19-11-9-8-10-12-20-29-61(78)87-48-51-23-15-13-16-24-51/h13-18,23-26,30-31,47,50,54-55,74H,8-12,19-22,27-29,32-46,48-49H2,1-7H3,(H,68,76)(H,69,75)(H,70,77)(H,71,82)(H,72,79)(H,73,81)/t50-,54+,55-/m0/s1. The Morgan fingerprint density at radius 1 is 0.489 bits per heavy atom. The van der Waals surface area contributed by atoms with Crippen LogP contribution >= 0.6 is 0 Å². The van der Waals surface area contributed by atoms with Crippen LogP contribution in [0.5, 0.6) is 5.75 Å². The molecule has 0 aliphatic heterocycles. The number of hydrogen-bond acceptors (Lipinski definition) is 17. The van der Waals surface area contributed by atoms with Gasteiger partial charge in [0, 0.05) is 51.4 Å². The van der Waals surface area contributed by atoms with Crippen molar-refractivity contribution in [3.8, 4) is 5.75 Å². The van der Waals surface area contributed by atoms with Crippen LogP contribution in [0.15, 0.2) is 78.9 Å². The van der Waals surface area contributed by atoms with Crippen LogP contribution in [-0.2, 0) is 86.3 Å². The monoisotopic (exact) mass is 1260 g/mol. The summed E-state index contributed by atoms with van der Waals surface area (Å²) in [5.74, 6) is -2.49. The zero-order chi connectivity index (χ0) is 65.8. The molecule has 6 amide bonds. The van der Waals surface area contributed by atoms with Gasteiger partial charge in [0.25, 0.3) is 0 Å². The SMILES string of the molecule is C[C@@H](C[C@H](Cc1ccc(O)c(NC(=O)[C@H](CCCCNC(=O)CCOCCOCCNC(=O)CCOCCOCCNC(=O)CCCCCCCCCC(=O)OCc2ccccc2)NC(=O)OCc2ccccc2)c1)NC(=O)OC(C)(C)C)C(=O)OC(C)(C)C. The number of phenolic OH excluding ortho intramolecular Hbond substituents is 1. The third-order valence-electron chi connectivity index (χ3n) is 13.4. The number of carbonyl (C=O) groups is 8. The zero-order valence-corrected chi connectivity index (χ0v) is 54.2. The summed E-state index contributed by atoms with van der Waals surface area (Å²) < 4.78 is 43.9. The molecule has 90 heavy (non-hydrogen) atoms. The Labute approximate surface area is 532 Å². The van der Waals surface area contributed by atoms with Crippen molar-refractivity contribution in [2.45, 2.75) is 188 Å². The van der Waals surface area contributed by atoms with Crippen LogP contribution < -0.4 is 31.9 Å². The smallest absolute Gasteiger partial charge is 0.408 e. The van der Waals surface area contributed by atoms with Crippen molar-refractivity contribution in [1.29, 1.82) is 0 Å². The molecule has 0 aliphatic carbocycles. The van der Waals surface area contributed by atoms with Gasteiger partial charge in [-0.25, -0.2) is 9.59 Å². The summed E-state index contributed by atoms with van der Waals surface area (Å²) in [7, 11) is 0. The first-order chi connectivity index (χ1) is 43.0. The Kier molecular flexibility index (Phi) is 38.5. The molecule has 3 aromatic rings. The van der Waals surface area contributed by atoms with Crippen molar-refractivity contribution in [2.75, 3.05) is 77.8 Å². The lowest BCUT2D eigenvalue weighted by atomic mass is 9.95. The third kappa shape index (κ3) is 39.6. The molecule has 0 heterocycles. The van der Waals surface area contributed by atoms with Crippen LogP contribution in [0.1, 0.15) is 161 Å². The van der Waals surface area contributed by atoms with Gasteiger partial charge in [-0.15, -0.1) is 0 Å². The number of phenols is 1. The molecule has 7 N–H and O–H groups in total. The summed E-state index contributed by atoms with van der Waals surface area (Å²) in [6.07, 6.45) is 7.92. The molecule has 0 fully saturated rings. The first kappa shape index (κ1) is 76.9. The van der Waals surface area contributed by atoms with Gasteiger partial charge in [-0.2, -0.15) is 0 Å². The van der Waals surface area contributed by atoms with E-state index in [9.17, 15) is 43.5 Å². The molecule has 0 saturated heterocycles. The number of esters is 2. The highest BCUT2D eigenvalue weighted by Crippen LogP contribution is 2.27. The first-order valence-electron chi connectivity index (χ1n) is 31.7. The van der Waals surface area contributed by atoms with Crippen molar-refractivity contribution in [1.82, 2.24) is 26.6 Å². The Hall–Kier alpha value is -7.34. The lowest BCUT2D eigenvalue weighted by Gasteiger charge is -2.27. The van der Waals surface area contributed by atoms with Gasteiger partial charge in [-0.05, 0) is 115 Å². The predicted octanol–water partition coefficient (Wildman–Crippen LogP) is 9.05. The number of unbranched alkanes of at least 4 members (excludes halogenated alkanes) is 7. The van der Waals surface area contributed by atoms with Gasteiger partial charge in [-0.1, -0.05) is 106 Å². The minimum atomic E-state index is -1.11. The highest BCUT2D eigenvalue weighted by molar-refractivity contribution is 5.97. The maximum Gasteiger partial charge on any atom is 0.408 e. The Bertz CT molecular complexity index is 2560. The lowest BCUT2D eigenvalue weighted by Crippen LogP contribution is -2.44. The number of ether oxygens (including phenoxy) is 8. The Balaban J connectivity index is 1.24. The fraction of sp³-hybridized carbons (Fsp3) is 0.612. The quantitative estimate of drug-likeness (QED) is 0.0120. The number of aromatic hydroxyl groups is 1. The van der Waals surface area contributed by atoms with E-state index in [1.165, 1.54) is 6.07 Å². The van der Waals surface area contributed by atoms with Crippen molar-refractivity contribution >= 4 is 53.4 Å². The molecule has 3 rings (SSSR count). The van der Waals surface area contributed by atoms with E-state index < -0.39 is 53.3 Å². The lowest BCUT2D eigenvalue weighted by molar-refractivity contribution is -0.159. The van der Waals surface area contributed by atoms with Gasteiger partial charge in [0.05, 0.1) is 64.5 Å². The molecule has 0 saturated carbocycles. The summed E-state index contributed by atoms with van der Waals surface area (Å²) in [5, 5.41) is 27.6. The molecule has 502 valence electrons. The topological polar surface area (TPSA) is 303 Å². The van der Waals surface area contributed by atoms with Gasteiger partial charge in [0.1, 0.15) is 36.2 Å². The molecule has 23 heteroatoms. The van der Waals surface area contributed by atoms with Crippen molar-refractivity contribution in [3.05, 3.63) is 95.6 Å². The van der Waals surface area contributed by atoms with Crippen molar-refractivity contribution in [2.24, 2.45) is 5.92 Å². The number of alkyl carbamates (subject to hydrolysis) is 2. The van der Waals surface area contributed by atoms with Crippen LogP contribution in [0.4, 0.5) is 15.3 Å². The molecule has 0 aliphatic rings. The molecule has 0 unspecified atom stereocenters. The van der Waals surface area contributed by atoms with E-state index in [-0.39, 0.29) is 107 Å². The molecule has 23 nitrogen and oxygen atoms in total. The number of anilines is 1. The summed E-state index contributed by atoms with van der Waals surface area (Å²) >= 11 is 0. The van der Waals surface area contributed by atoms with E-state index >= 15 is 0 Å². The summed E-state index contributed by atoms with van der Waals surface area (Å²) in [5.41, 5.74) is 0.888. The van der Waals surface area contributed by atoms with Gasteiger partial charge in [0.2, 0.25) is 23.6 Å². The second-order valence-electron chi connectivity index (χ2n) is 23.9. The fourth-order valence-electron chi connectivity index (χ4n) is 8.80. The largest absolute Gasteiger partial charge is 0.506 e. The van der Waals surface area contributed by atoms with Crippen LogP contribution in [0, 0.1) is 5.92 Å². The highest BCUT2D eigenvalue weighted by atomic mass is 16.6. The molecular weight excluding hydrogens is 1160 g/mol. The molecule has 0 bridgehead atoms. The molecule has 3 aromatic carbocycles. The Morgan fingerprint density at radius 3 is 1.54 bits per heavy atom. The number of rotatable bonds is 46. The molecule has 3 atom stereocenters. The number of nitrogens with one attached hydrogen (secondary N) is 6. The number of amides is 6. The maximum atomic E-state index is 13.9. The van der Waals surface area contributed by atoms with Gasteiger partial charge >= 0.3 is 24.1 Å². The Morgan fingerprint density at radius 2 is 0.989 bits per heavy atom. The fourth-order valence-corrected chi connectivity index (χ4v) is 8.80. The van der Waals surface area contributed by atoms with E-state index in [1.54, 1.807) is 72.7 Å². The normalized spacial score (nSPS) is 12.3. The summed E-state index contributed by atoms with van der Waals surface area (Å²) in [6, 6.07) is 21.5. The van der Waals surface area contributed by atoms with E-state index in [2.05, 4.69) is 31.9 Å². The molecule has 0 radical (unpaired) electrons. The number of hydrogen-bond donors (Lipinski definition) is 7. The first-order valence-corrected chi connectivity index (χ1v) is 31.7. The van der Waals surface area contributed by atoms with E-state index in [4.69, 9.17) is 37.9 Å². The van der Waals surface area contributed by atoms with Crippen molar-refractivity contribution in [3.63, 3.8) is 0 Å². The van der Waals surface area contributed by atoms with E-state index in [0.29, 0.717) is 77.3 Å². The van der Waals surface area contributed by atoms with Crippen LogP contribution in [0.3, 0.4) is 0 Å². The average Bonchev–Trinajstić information content (AvgIpc) is 1.58. The second kappa shape index (κ2) is 45.0. The van der Waals surface area contributed by atoms with E-state index in [1.807, 2.05) is 48.5 Å². The average molecular weight is 1260 g/mol. The predicted molar refractivity (Wildman–Crippen MR) is 340 cm³/mol. The van der Waals surface area contributed by atoms with E-state index in [0.717, 1.165) is 56.1 Å². The van der Waals surface area contributed by atoms with Crippen LogP contribution in [-0.4, -0.2) is 149 Å². The zero-order valence-electron chi connectivity index (χ0n) is 54.2. The number of benzene rings is 3. The highest BCUT2D eigenvalue weighted by Gasteiger charge is 2.28. The third-order valence-corrected chi connectivity index (χ3v) is 13.4. The summed E-state index contributed by atoms with van der Waals surface area (Å²) in [4.78, 5) is 102. The molecule has 0 aromatic heterocycles. The van der Waals surface area contributed by atoms with Gasteiger partial charge in [0.15, 0.2) is 0 Å². The second-order valence-corrected chi connectivity index (χ2v) is 23.9. The summed E-state index contributed by atoms with van der Waals surface area (Å²) in [6.45, 7) is 15.7. The van der Waals surface area contributed by atoms with Gasteiger partial charge in [-0.3, -0.25) is 28.8 Å².